The molecule has 0 atom stereocenters. The number of anilines is 6. The Morgan fingerprint density at radius 2 is 0.857 bits per heavy atom. The van der Waals surface area contributed by atoms with E-state index in [1.54, 1.807) is 7.11 Å². The van der Waals surface area contributed by atoms with Gasteiger partial charge in [-0.05, 0) is 186 Å². The van der Waals surface area contributed by atoms with Crippen molar-refractivity contribution in [1.29, 1.82) is 0 Å². The van der Waals surface area contributed by atoms with Crippen molar-refractivity contribution >= 4 is 34.1 Å². The van der Waals surface area contributed by atoms with Gasteiger partial charge in [-0.3, -0.25) is 0 Å². The third-order valence-corrected chi connectivity index (χ3v) is 11.8. The minimum Gasteiger partial charge on any atom is -0.497 e. The van der Waals surface area contributed by atoms with Gasteiger partial charge in [0, 0.05) is 34.1 Å². The van der Waals surface area contributed by atoms with Crippen LogP contribution in [0, 0.1) is 13.8 Å². The van der Waals surface area contributed by atoms with Crippen LogP contribution in [-0.2, 0) is 32.3 Å². The van der Waals surface area contributed by atoms with Crippen LogP contribution in [0.1, 0.15) is 51.8 Å². The summed E-state index contributed by atoms with van der Waals surface area (Å²) in [6, 6.07) is 53.3. The van der Waals surface area contributed by atoms with E-state index >= 15 is 0 Å². The number of nitrogens with zero attached hydrogens (tertiary/aromatic N) is 2. The van der Waals surface area contributed by atoms with Gasteiger partial charge in [0.25, 0.3) is 0 Å². The lowest BCUT2D eigenvalue weighted by Gasteiger charge is -2.28. The van der Waals surface area contributed by atoms with Gasteiger partial charge in [-0.25, -0.2) is 0 Å². The molecule has 0 fully saturated rings. The zero-order valence-electron chi connectivity index (χ0n) is 32.6. The maximum absolute atomic E-state index is 9.79. The highest BCUT2D eigenvalue weighted by Crippen LogP contribution is 2.42. The van der Waals surface area contributed by atoms with Gasteiger partial charge in [0.05, 0.1) is 13.7 Å². The van der Waals surface area contributed by atoms with Gasteiger partial charge >= 0.3 is 0 Å². The highest BCUT2D eigenvalue weighted by Gasteiger charge is 2.21. The highest BCUT2D eigenvalue weighted by molar-refractivity contribution is 5.83. The van der Waals surface area contributed by atoms with Crippen molar-refractivity contribution in [3.63, 3.8) is 0 Å². The lowest BCUT2D eigenvalue weighted by molar-refractivity contribution is 0.282. The van der Waals surface area contributed by atoms with Gasteiger partial charge in [0.2, 0.25) is 0 Å². The minimum atomic E-state index is 0.0390. The van der Waals surface area contributed by atoms with E-state index in [0.29, 0.717) is 0 Å². The van der Waals surface area contributed by atoms with Crippen LogP contribution in [0.5, 0.6) is 5.75 Å². The number of methoxy groups -OCH3 is 1. The van der Waals surface area contributed by atoms with Crippen LogP contribution in [0.25, 0.3) is 22.3 Å². The van der Waals surface area contributed by atoms with Crippen molar-refractivity contribution in [3.05, 3.63) is 185 Å². The van der Waals surface area contributed by atoms with Gasteiger partial charge in [-0.15, -0.1) is 0 Å². The Morgan fingerprint density at radius 3 is 1.29 bits per heavy atom. The van der Waals surface area contributed by atoms with Crippen LogP contribution in [0.15, 0.2) is 146 Å². The Hall–Kier alpha value is -6.10. The van der Waals surface area contributed by atoms with Crippen LogP contribution in [0.4, 0.5) is 34.1 Å². The topological polar surface area (TPSA) is 35.9 Å². The number of aliphatic hydroxyl groups is 1. The zero-order chi connectivity index (χ0) is 38.2. The van der Waals surface area contributed by atoms with E-state index in [0.717, 1.165) is 58.9 Å². The van der Waals surface area contributed by atoms with Gasteiger partial charge < -0.3 is 19.6 Å². The molecule has 0 saturated carbocycles. The Bertz CT molecular complexity index is 2340. The van der Waals surface area contributed by atoms with Gasteiger partial charge in [0.15, 0.2) is 0 Å². The SMILES string of the molecule is COc1ccc(N(c2ccc(-c3ccc(-c4ccc(N(c5ccc6c(c5)CCC6)c5ccc(CO)cc5C)cc4)cc3)cc2)c2ccc3c(c2)CCC3)c(C)c1. The Kier molecular flexibility index (Phi) is 9.66. The Balaban J connectivity index is 0.986. The first-order valence-electron chi connectivity index (χ1n) is 20.0. The first-order valence-corrected chi connectivity index (χ1v) is 20.0. The third kappa shape index (κ3) is 6.86. The van der Waals surface area contributed by atoms with Gasteiger partial charge in [0.1, 0.15) is 5.75 Å². The van der Waals surface area contributed by atoms with E-state index in [-0.39, 0.29) is 6.61 Å². The first kappa shape index (κ1) is 35.6. The van der Waals surface area contributed by atoms with Gasteiger partial charge in [-0.2, -0.15) is 0 Å². The molecule has 0 amide bonds. The summed E-state index contributed by atoms with van der Waals surface area (Å²) in [5.74, 6) is 0.867. The average molecular weight is 733 g/mol. The molecule has 9 rings (SSSR count). The molecule has 0 aromatic heterocycles. The summed E-state index contributed by atoms with van der Waals surface area (Å²) >= 11 is 0. The number of fused-ring (bicyclic) bond motifs is 2. The molecule has 0 radical (unpaired) electrons. The fourth-order valence-corrected chi connectivity index (χ4v) is 8.78. The number of aryl methyl sites for hydroxylation is 6. The average Bonchev–Trinajstić information content (AvgIpc) is 3.92. The third-order valence-electron chi connectivity index (χ3n) is 11.8. The Morgan fingerprint density at radius 1 is 0.446 bits per heavy atom. The predicted octanol–water partition coefficient (Wildman–Crippen LogP) is 13.1. The van der Waals surface area contributed by atoms with E-state index in [2.05, 4.69) is 163 Å². The number of aliphatic hydroxyl groups excluding tert-OH is 1. The highest BCUT2D eigenvalue weighted by atomic mass is 16.5. The number of hydrogen-bond acceptors (Lipinski definition) is 4. The molecule has 0 saturated heterocycles. The fraction of sp³-hybridized carbons (Fsp3) is 0.192. The number of hydrogen-bond donors (Lipinski definition) is 1. The van der Waals surface area contributed by atoms with Crippen LogP contribution >= 0.6 is 0 Å². The monoisotopic (exact) mass is 732 g/mol. The zero-order valence-corrected chi connectivity index (χ0v) is 32.6. The van der Waals surface area contributed by atoms with E-state index in [4.69, 9.17) is 4.74 Å². The maximum Gasteiger partial charge on any atom is 0.119 e. The molecule has 278 valence electrons. The molecule has 2 aliphatic carbocycles. The molecule has 4 heteroatoms. The maximum atomic E-state index is 9.79. The van der Waals surface area contributed by atoms with Crippen LogP contribution in [-0.4, -0.2) is 12.2 Å². The van der Waals surface area contributed by atoms with Gasteiger partial charge in [-0.1, -0.05) is 72.8 Å². The van der Waals surface area contributed by atoms with Crippen molar-refractivity contribution in [2.45, 2.75) is 59.0 Å². The quantitative estimate of drug-likeness (QED) is 0.152. The molecule has 0 aliphatic heterocycles. The molecule has 1 N–H and O–H groups in total. The van der Waals surface area contributed by atoms with Crippen molar-refractivity contribution in [2.24, 2.45) is 0 Å². The van der Waals surface area contributed by atoms with Crippen LogP contribution < -0.4 is 14.5 Å². The standard InChI is InChI=1S/C52H48N2O2/c1-35-30-37(34-55)10-28-51(35)53(48-25-19-38-6-4-8-44(38)32-48)46-21-15-42(16-22-46)40-11-13-41(14-12-40)43-17-23-47(24-18-43)54(52-29-27-50(56-3)31-36(52)2)49-26-20-39-7-5-9-45(39)33-49/h10-33,55H,4-9,34H2,1-3H3. The molecule has 4 nitrogen and oxygen atoms in total. The molecule has 0 spiro atoms. The molecular formula is C52H48N2O2. The molecule has 0 unspecified atom stereocenters. The second-order valence-electron chi connectivity index (χ2n) is 15.4. The molecule has 0 heterocycles. The number of ether oxygens (including phenoxy) is 1. The first-order chi connectivity index (χ1) is 27.4. The van der Waals surface area contributed by atoms with Crippen molar-refractivity contribution in [3.8, 4) is 28.0 Å². The van der Waals surface area contributed by atoms with Crippen LogP contribution in [0.2, 0.25) is 0 Å². The number of benzene rings is 7. The molecule has 56 heavy (non-hydrogen) atoms. The Labute approximate surface area is 331 Å². The molecule has 2 aliphatic rings. The second-order valence-corrected chi connectivity index (χ2v) is 15.4. The van der Waals surface area contributed by atoms with E-state index in [9.17, 15) is 5.11 Å². The van der Waals surface area contributed by atoms with E-state index in [1.807, 2.05) is 6.07 Å². The lowest BCUT2D eigenvalue weighted by Crippen LogP contribution is -2.12. The van der Waals surface area contributed by atoms with E-state index < -0.39 is 0 Å². The van der Waals surface area contributed by atoms with Crippen molar-refractivity contribution in [1.82, 2.24) is 0 Å². The molecule has 7 aromatic rings. The summed E-state index contributed by atoms with van der Waals surface area (Å²) in [5.41, 5.74) is 20.7. The second kappa shape index (κ2) is 15.2. The predicted molar refractivity (Wildman–Crippen MR) is 233 cm³/mol. The summed E-state index contributed by atoms with van der Waals surface area (Å²) < 4.78 is 5.55. The van der Waals surface area contributed by atoms with Crippen LogP contribution in [0.3, 0.4) is 0 Å². The molecular weight excluding hydrogens is 685 g/mol. The fourth-order valence-electron chi connectivity index (χ4n) is 8.78. The largest absolute Gasteiger partial charge is 0.497 e. The van der Waals surface area contributed by atoms with Crippen molar-refractivity contribution < 1.29 is 9.84 Å². The summed E-state index contributed by atoms with van der Waals surface area (Å²) in [6.45, 7) is 4.33. The number of rotatable bonds is 10. The smallest absolute Gasteiger partial charge is 0.119 e. The molecule has 7 aromatic carbocycles. The summed E-state index contributed by atoms with van der Waals surface area (Å²) in [4.78, 5) is 4.73. The summed E-state index contributed by atoms with van der Waals surface area (Å²) in [6.07, 6.45) is 7.07. The van der Waals surface area contributed by atoms with E-state index in [1.165, 1.54) is 80.7 Å². The minimum absolute atomic E-state index is 0.0390. The molecule has 0 bridgehead atoms. The van der Waals surface area contributed by atoms with Crippen molar-refractivity contribution in [2.75, 3.05) is 16.9 Å². The lowest BCUT2D eigenvalue weighted by atomic mass is 9.99. The summed E-state index contributed by atoms with van der Waals surface area (Å²) in [5, 5.41) is 9.79. The summed E-state index contributed by atoms with van der Waals surface area (Å²) in [7, 11) is 1.72. The normalized spacial score (nSPS) is 13.0.